The zero-order valence-corrected chi connectivity index (χ0v) is 13.9. The van der Waals surface area contributed by atoms with Crippen LogP contribution in [0, 0.1) is 6.92 Å². The van der Waals surface area contributed by atoms with Crippen LogP contribution in [-0.4, -0.2) is 49.1 Å². The molecule has 1 aromatic rings. The average Bonchev–Trinajstić information content (AvgIpc) is 2.85. The Morgan fingerprint density at radius 1 is 1.35 bits per heavy atom. The summed E-state index contributed by atoms with van der Waals surface area (Å²) in [6, 6.07) is 7.17. The number of carbonyl (C=O) groups is 1. The molecule has 1 N–H and O–H groups in total. The summed E-state index contributed by atoms with van der Waals surface area (Å²) in [5.74, 6) is -1.67. The topological polar surface area (TPSA) is 74.2 Å². The summed E-state index contributed by atoms with van der Waals surface area (Å²) in [7, 11) is 1.51. The van der Waals surface area contributed by atoms with Crippen molar-refractivity contribution in [3.8, 4) is 0 Å². The van der Waals surface area contributed by atoms with Gasteiger partial charge in [0.15, 0.2) is 12.1 Å². The number of carbonyl (C=O) groups excluding carboxylic acids is 1. The van der Waals surface area contributed by atoms with Crippen LogP contribution >= 0.6 is 0 Å². The summed E-state index contributed by atoms with van der Waals surface area (Å²) < 4.78 is 21.6. The Morgan fingerprint density at radius 2 is 2.00 bits per heavy atom. The third-order valence-electron chi connectivity index (χ3n) is 3.49. The van der Waals surface area contributed by atoms with E-state index in [4.69, 9.17) is 18.9 Å². The van der Waals surface area contributed by atoms with Gasteiger partial charge in [0.1, 0.15) is 12.7 Å². The Kier molecular flexibility index (Phi) is 5.75. The van der Waals surface area contributed by atoms with Gasteiger partial charge in [-0.05, 0) is 32.9 Å². The molecule has 2 unspecified atom stereocenters. The number of aryl methyl sites for hydroxylation is 1. The Morgan fingerprint density at radius 3 is 2.57 bits per heavy atom. The first kappa shape index (κ1) is 17.9. The first-order valence-electron chi connectivity index (χ1n) is 7.61. The van der Waals surface area contributed by atoms with Crippen molar-refractivity contribution in [1.29, 1.82) is 0 Å². The lowest BCUT2D eigenvalue weighted by molar-refractivity contribution is -0.247. The van der Waals surface area contributed by atoms with Crippen LogP contribution in [0.15, 0.2) is 24.3 Å². The molecular weight excluding hydrogens is 300 g/mol. The molecule has 0 amide bonds. The fraction of sp³-hybridized carbons (Fsp3) is 0.588. The number of ether oxygens (including phenoxy) is 4. The van der Waals surface area contributed by atoms with Crippen LogP contribution in [-0.2, 0) is 18.9 Å². The molecular formula is C17H24O6. The predicted octanol–water partition coefficient (Wildman–Crippen LogP) is 2.03. The maximum atomic E-state index is 12.0. The molecule has 0 spiro atoms. The van der Waals surface area contributed by atoms with Crippen molar-refractivity contribution >= 4 is 5.97 Å². The van der Waals surface area contributed by atoms with Crippen molar-refractivity contribution in [2.45, 2.75) is 51.5 Å². The highest BCUT2D eigenvalue weighted by molar-refractivity contribution is 5.89. The largest absolute Gasteiger partial charge is 0.459 e. The molecule has 0 bridgehead atoms. The number of hydrogen-bond donors (Lipinski definition) is 1. The van der Waals surface area contributed by atoms with E-state index in [9.17, 15) is 9.90 Å². The summed E-state index contributed by atoms with van der Waals surface area (Å²) in [4.78, 5) is 12.0. The lowest BCUT2D eigenvalue weighted by Crippen LogP contribution is -2.35. The molecule has 0 radical (unpaired) electrons. The third kappa shape index (κ3) is 5.28. The molecule has 128 valence electrons. The summed E-state index contributed by atoms with van der Waals surface area (Å²) >= 11 is 0. The second kappa shape index (κ2) is 7.40. The van der Waals surface area contributed by atoms with Gasteiger partial charge in [0.05, 0.1) is 11.7 Å². The van der Waals surface area contributed by atoms with E-state index >= 15 is 0 Å². The van der Waals surface area contributed by atoms with Crippen LogP contribution in [0.2, 0.25) is 0 Å². The van der Waals surface area contributed by atoms with Crippen LogP contribution in [0.4, 0.5) is 0 Å². The molecule has 1 aliphatic heterocycles. The number of rotatable bonds is 6. The molecule has 6 nitrogen and oxygen atoms in total. The average molecular weight is 324 g/mol. The molecule has 1 saturated heterocycles. The van der Waals surface area contributed by atoms with E-state index in [0.29, 0.717) is 12.0 Å². The highest BCUT2D eigenvalue weighted by atomic mass is 16.7. The molecule has 23 heavy (non-hydrogen) atoms. The van der Waals surface area contributed by atoms with Gasteiger partial charge in [0.2, 0.25) is 0 Å². The van der Waals surface area contributed by atoms with Gasteiger partial charge in [-0.2, -0.15) is 0 Å². The molecule has 1 fully saturated rings. The Hall–Kier alpha value is -1.47. The zero-order chi connectivity index (χ0) is 17.0. The monoisotopic (exact) mass is 324 g/mol. The second-order valence-corrected chi connectivity index (χ2v) is 6.17. The summed E-state index contributed by atoms with van der Waals surface area (Å²) in [6.45, 7) is 5.16. The highest BCUT2D eigenvalue weighted by Gasteiger charge is 2.39. The van der Waals surface area contributed by atoms with Crippen molar-refractivity contribution in [2.75, 3.05) is 13.7 Å². The minimum Gasteiger partial charge on any atom is -0.459 e. The Balaban J connectivity index is 1.86. The Labute approximate surface area is 136 Å². The predicted molar refractivity (Wildman–Crippen MR) is 82.9 cm³/mol. The molecule has 6 heteroatoms. The van der Waals surface area contributed by atoms with Gasteiger partial charge >= 0.3 is 5.97 Å². The maximum absolute atomic E-state index is 12.0. The molecule has 0 saturated carbocycles. The van der Waals surface area contributed by atoms with Crippen molar-refractivity contribution in [3.63, 3.8) is 0 Å². The molecule has 0 aromatic heterocycles. The molecule has 0 aliphatic carbocycles. The minimum absolute atomic E-state index is 0.109. The molecule has 2 rings (SSSR count). The van der Waals surface area contributed by atoms with E-state index in [1.165, 1.54) is 7.11 Å². The van der Waals surface area contributed by atoms with E-state index < -0.39 is 24.2 Å². The van der Waals surface area contributed by atoms with E-state index in [-0.39, 0.29) is 12.7 Å². The van der Waals surface area contributed by atoms with Crippen LogP contribution < -0.4 is 0 Å². The molecule has 3 atom stereocenters. The van der Waals surface area contributed by atoms with Gasteiger partial charge in [-0.25, -0.2) is 4.79 Å². The summed E-state index contributed by atoms with van der Waals surface area (Å²) in [6.07, 6.45) is -0.863. The van der Waals surface area contributed by atoms with Gasteiger partial charge in [-0.3, -0.25) is 0 Å². The van der Waals surface area contributed by atoms with E-state index in [1.807, 2.05) is 19.1 Å². The van der Waals surface area contributed by atoms with E-state index in [2.05, 4.69) is 0 Å². The van der Waals surface area contributed by atoms with Gasteiger partial charge in [0, 0.05) is 13.5 Å². The Bertz CT molecular complexity index is 519. The lowest BCUT2D eigenvalue weighted by Gasteiger charge is -2.25. The van der Waals surface area contributed by atoms with E-state index in [1.54, 1.807) is 26.0 Å². The number of esters is 1. The van der Waals surface area contributed by atoms with Gasteiger partial charge in [-0.15, -0.1) is 0 Å². The fourth-order valence-electron chi connectivity index (χ4n) is 2.43. The quantitative estimate of drug-likeness (QED) is 0.637. The van der Waals surface area contributed by atoms with Gasteiger partial charge < -0.3 is 24.1 Å². The third-order valence-corrected chi connectivity index (χ3v) is 3.49. The molecule has 1 heterocycles. The molecule has 1 aromatic carbocycles. The van der Waals surface area contributed by atoms with Crippen LogP contribution in [0.1, 0.15) is 36.2 Å². The number of methoxy groups -OCH3 is 1. The highest BCUT2D eigenvalue weighted by Crippen LogP contribution is 2.27. The van der Waals surface area contributed by atoms with Crippen molar-refractivity contribution < 1.29 is 28.8 Å². The lowest BCUT2D eigenvalue weighted by atomic mass is 10.1. The van der Waals surface area contributed by atoms with Gasteiger partial charge in [0.25, 0.3) is 0 Å². The zero-order valence-electron chi connectivity index (χ0n) is 13.9. The second-order valence-electron chi connectivity index (χ2n) is 6.17. The summed E-state index contributed by atoms with van der Waals surface area (Å²) in [5.41, 5.74) is 1.58. The smallest absolute Gasteiger partial charge is 0.338 e. The fourth-order valence-corrected chi connectivity index (χ4v) is 2.43. The number of benzene rings is 1. The van der Waals surface area contributed by atoms with Crippen LogP contribution in [0.5, 0.6) is 0 Å². The number of hydrogen-bond acceptors (Lipinski definition) is 6. The standard InChI is InChI=1S/C17H24O6/c1-11-5-7-12(8-6-11)15(18)21-10-13-9-14(16(20-4)22-13)23-17(2,3)19/h5-8,13-14,16,19H,9-10H2,1-4H3/t13?,14-,16?/m1/s1. The normalized spacial score (nSPS) is 24.7. The van der Waals surface area contributed by atoms with Gasteiger partial charge in [-0.1, -0.05) is 17.7 Å². The minimum atomic E-state index is -1.28. The van der Waals surface area contributed by atoms with Crippen molar-refractivity contribution in [3.05, 3.63) is 35.4 Å². The molecule has 1 aliphatic rings. The van der Waals surface area contributed by atoms with Crippen LogP contribution in [0.3, 0.4) is 0 Å². The van der Waals surface area contributed by atoms with Crippen molar-refractivity contribution in [1.82, 2.24) is 0 Å². The SMILES string of the molecule is COC1OC(COC(=O)c2ccc(C)cc2)C[C@H]1OC(C)(C)O. The van der Waals surface area contributed by atoms with E-state index in [0.717, 1.165) is 5.56 Å². The number of aliphatic hydroxyl groups is 1. The summed E-state index contributed by atoms with van der Waals surface area (Å²) in [5, 5.41) is 9.75. The first-order chi connectivity index (χ1) is 10.8. The maximum Gasteiger partial charge on any atom is 0.338 e. The van der Waals surface area contributed by atoms with Crippen molar-refractivity contribution in [2.24, 2.45) is 0 Å². The van der Waals surface area contributed by atoms with Crippen LogP contribution in [0.25, 0.3) is 0 Å². The first-order valence-corrected chi connectivity index (χ1v) is 7.61.